The van der Waals surface area contributed by atoms with Gasteiger partial charge in [0.2, 0.25) is 0 Å². The maximum Gasteiger partial charge on any atom is 0.258 e. The summed E-state index contributed by atoms with van der Waals surface area (Å²) >= 11 is 0. The van der Waals surface area contributed by atoms with Crippen molar-refractivity contribution in [1.82, 2.24) is 5.01 Å². The van der Waals surface area contributed by atoms with E-state index in [0.29, 0.717) is 23.1 Å². The molecule has 13 heavy (non-hydrogen) atoms. The minimum atomic E-state index is -0.625. The van der Waals surface area contributed by atoms with E-state index < -0.39 is 6.23 Å². The lowest BCUT2D eigenvalue weighted by molar-refractivity contribution is -1.03. The minimum Gasteiger partial charge on any atom is -0.369 e. The Morgan fingerprint density at radius 2 is 2.15 bits per heavy atom. The van der Waals surface area contributed by atoms with Crippen LogP contribution in [0.2, 0.25) is 0 Å². The van der Waals surface area contributed by atoms with Crippen LogP contribution in [-0.4, -0.2) is 46.5 Å². The number of hydrogen-bond acceptors (Lipinski definition) is 2. The summed E-state index contributed by atoms with van der Waals surface area (Å²) in [7, 11) is 1.99. The van der Waals surface area contributed by atoms with Gasteiger partial charge in [-0.15, -0.1) is 0 Å². The molecule has 4 nitrogen and oxygen atoms in total. The Kier molecular flexibility index (Phi) is 2.63. The number of carbonyl (C=O) groups is 1. The molecule has 1 saturated heterocycles. The molecule has 1 rings (SSSR count). The van der Waals surface area contributed by atoms with Crippen molar-refractivity contribution in [2.75, 3.05) is 7.05 Å². The number of hydrogen-bond donors (Lipinski definition) is 1. The van der Waals surface area contributed by atoms with Gasteiger partial charge in [0.25, 0.3) is 6.41 Å². The zero-order valence-corrected chi connectivity index (χ0v) is 8.77. The topological polar surface area (TPSA) is 40.5 Å². The van der Waals surface area contributed by atoms with Crippen molar-refractivity contribution in [2.45, 2.75) is 45.5 Å². The number of nitrogens with zero attached hydrogens (tertiary/aromatic N) is 2. The van der Waals surface area contributed by atoms with Gasteiger partial charge in [-0.3, -0.25) is 4.79 Å². The fraction of sp³-hybridized carbons (Fsp3) is 0.889. The molecule has 0 aromatic heterocycles. The molecule has 0 aliphatic carbocycles. The van der Waals surface area contributed by atoms with E-state index in [-0.39, 0.29) is 0 Å². The van der Waals surface area contributed by atoms with E-state index in [1.54, 1.807) is 0 Å². The molecule has 4 heteroatoms. The second-order valence-electron chi connectivity index (χ2n) is 4.24. The largest absolute Gasteiger partial charge is 0.369 e. The Morgan fingerprint density at radius 1 is 1.62 bits per heavy atom. The first-order chi connectivity index (χ1) is 5.94. The molecule has 1 N–H and O–H groups in total. The molecule has 0 spiro atoms. The molecular weight excluding hydrogens is 168 g/mol. The molecule has 0 bridgehead atoms. The standard InChI is InChI=1S/C9H19N2O2/c1-7(2)11(4)8(3)5-9(13)10(11)6-12/h6-9,13H,5H2,1-4H3/q+1/t8-,9+,11+/m0/s1. The highest BCUT2D eigenvalue weighted by Crippen LogP contribution is 2.31. The monoisotopic (exact) mass is 187 g/mol. The van der Waals surface area contributed by atoms with Crippen LogP contribution in [0.3, 0.4) is 0 Å². The van der Waals surface area contributed by atoms with Crippen LogP contribution in [0.5, 0.6) is 0 Å². The lowest BCUT2D eigenvalue weighted by Crippen LogP contribution is -2.61. The molecule has 1 aliphatic heterocycles. The molecule has 76 valence electrons. The van der Waals surface area contributed by atoms with Crippen LogP contribution in [0, 0.1) is 0 Å². The van der Waals surface area contributed by atoms with Crippen LogP contribution in [0.15, 0.2) is 0 Å². The summed E-state index contributed by atoms with van der Waals surface area (Å²) in [5.41, 5.74) is 0. The average molecular weight is 187 g/mol. The molecule has 0 radical (unpaired) electrons. The molecule has 0 unspecified atom stereocenters. The smallest absolute Gasteiger partial charge is 0.258 e. The van der Waals surface area contributed by atoms with E-state index in [2.05, 4.69) is 20.8 Å². The number of carbonyl (C=O) groups excluding carboxylic acids is 1. The van der Waals surface area contributed by atoms with Gasteiger partial charge in [0.1, 0.15) is 12.1 Å². The molecule has 1 aliphatic rings. The first-order valence-corrected chi connectivity index (χ1v) is 4.72. The summed E-state index contributed by atoms with van der Waals surface area (Å²) in [6, 6.07) is 0.595. The summed E-state index contributed by atoms with van der Waals surface area (Å²) in [6.07, 6.45) is 0.779. The Hall–Kier alpha value is -0.610. The number of amides is 1. The molecule has 1 heterocycles. The molecule has 3 atom stereocenters. The zero-order valence-electron chi connectivity index (χ0n) is 8.77. The summed E-state index contributed by atoms with van der Waals surface area (Å²) in [5, 5.41) is 11.1. The fourth-order valence-electron chi connectivity index (χ4n) is 2.09. The van der Waals surface area contributed by atoms with Crippen molar-refractivity contribution in [2.24, 2.45) is 0 Å². The summed E-state index contributed by atoms with van der Waals surface area (Å²) in [5.74, 6) is 0. The van der Waals surface area contributed by atoms with Crippen molar-refractivity contribution < 1.29 is 14.5 Å². The highest BCUT2D eigenvalue weighted by Gasteiger charge is 2.49. The molecule has 0 saturated carbocycles. The van der Waals surface area contributed by atoms with Crippen molar-refractivity contribution in [3.05, 3.63) is 0 Å². The summed E-state index contributed by atoms with van der Waals surface area (Å²) in [4.78, 5) is 10.8. The molecule has 1 amide bonds. The van der Waals surface area contributed by atoms with E-state index in [1.165, 1.54) is 5.01 Å². The predicted octanol–water partition coefficient (Wildman–Crippen LogP) is 0.325. The van der Waals surface area contributed by atoms with Crippen LogP contribution in [0.4, 0.5) is 0 Å². The van der Waals surface area contributed by atoms with Gasteiger partial charge in [-0.1, -0.05) is 0 Å². The summed E-state index contributed by atoms with van der Waals surface area (Å²) < 4.78 is 0.505. The normalized spacial score (nSPS) is 40.0. The second-order valence-corrected chi connectivity index (χ2v) is 4.24. The molecule has 1 fully saturated rings. The van der Waals surface area contributed by atoms with Crippen LogP contribution < -0.4 is 0 Å². The number of aliphatic hydroxyl groups excluding tert-OH is 1. The van der Waals surface area contributed by atoms with Gasteiger partial charge in [0, 0.05) is 0 Å². The Labute approximate surface area is 79.3 Å². The van der Waals surface area contributed by atoms with Gasteiger partial charge >= 0.3 is 0 Å². The van der Waals surface area contributed by atoms with E-state index >= 15 is 0 Å². The van der Waals surface area contributed by atoms with Gasteiger partial charge in [-0.2, -0.15) is 5.01 Å². The average Bonchev–Trinajstić information content (AvgIpc) is 2.24. The van der Waals surface area contributed by atoms with Gasteiger partial charge in [-0.25, -0.2) is 4.59 Å². The first kappa shape index (κ1) is 10.5. The minimum absolute atomic E-state index is 0.292. The summed E-state index contributed by atoms with van der Waals surface area (Å²) in [6.45, 7) is 6.18. The van der Waals surface area contributed by atoms with E-state index in [1.807, 2.05) is 7.05 Å². The van der Waals surface area contributed by atoms with Crippen molar-refractivity contribution in [3.63, 3.8) is 0 Å². The maximum absolute atomic E-state index is 10.8. The highest BCUT2D eigenvalue weighted by atomic mass is 16.3. The molecular formula is C9H19N2O2+. The third-order valence-electron chi connectivity index (χ3n) is 3.40. The fourth-order valence-corrected chi connectivity index (χ4v) is 2.09. The van der Waals surface area contributed by atoms with Gasteiger partial charge in [0.15, 0.2) is 6.23 Å². The lowest BCUT2D eigenvalue weighted by Gasteiger charge is -2.42. The lowest BCUT2D eigenvalue weighted by atomic mass is 10.2. The van der Waals surface area contributed by atoms with Gasteiger partial charge in [-0.05, 0) is 20.8 Å². The van der Waals surface area contributed by atoms with Crippen LogP contribution in [0.1, 0.15) is 27.2 Å². The maximum atomic E-state index is 10.8. The predicted molar refractivity (Wildman–Crippen MR) is 49.3 cm³/mol. The molecule has 0 aromatic carbocycles. The van der Waals surface area contributed by atoms with Crippen molar-refractivity contribution in [3.8, 4) is 0 Å². The third kappa shape index (κ3) is 1.34. The Bertz CT molecular complexity index is 208. The van der Waals surface area contributed by atoms with Crippen LogP contribution in [0.25, 0.3) is 0 Å². The molecule has 0 aromatic rings. The second kappa shape index (κ2) is 3.27. The Balaban J connectivity index is 2.98. The zero-order chi connectivity index (χ0) is 10.2. The Morgan fingerprint density at radius 3 is 2.46 bits per heavy atom. The van der Waals surface area contributed by atoms with E-state index in [4.69, 9.17) is 0 Å². The van der Waals surface area contributed by atoms with Crippen LogP contribution >= 0.6 is 0 Å². The SMILES string of the molecule is CC(C)[N@+]1(C)[C@@H](C)C[C@@H](O)N1C=O. The first-order valence-electron chi connectivity index (χ1n) is 4.72. The van der Waals surface area contributed by atoms with Gasteiger partial charge < -0.3 is 5.11 Å². The highest BCUT2D eigenvalue weighted by molar-refractivity contribution is 5.45. The van der Waals surface area contributed by atoms with E-state index in [0.717, 1.165) is 6.41 Å². The quantitative estimate of drug-likeness (QED) is 0.500. The number of rotatable bonds is 2. The van der Waals surface area contributed by atoms with Crippen molar-refractivity contribution >= 4 is 6.41 Å². The number of quaternary nitrogens is 1. The van der Waals surface area contributed by atoms with Crippen molar-refractivity contribution in [1.29, 1.82) is 0 Å². The number of aliphatic hydroxyl groups is 1. The third-order valence-corrected chi connectivity index (χ3v) is 3.40. The van der Waals surface area contributed by atoms with Gasteiger partial charge in [0.05, 0.1) is 13.5 Å². The van der Waals surface area contributed by atoms with Crippen LogP contribution in [-0.2, 0) is 4.79 Å². The van der Waals surface area contributed by atoms with E-state index in [9.17, 15) is 9.90 Å².